The first-order chi connectivity index (χ1) is 24.1. The lowest BCUT2D eigenvalue weighted by Gasteiger charge is -2.15. The minimum Gasteiger partial charge on any atom is -0.361 e. The number of hydrogen-bond acceptors (Lipinski definition) is 6. The van der Waals surface area contributed by atoms with Gasteiger partial charge in [0.15, 0.2) is 0 Å². The molecule has 0 spiro atoms. The van der Waals surface area contributed by atoms with Crippen molar-refractivity contribution < 1.29 is 9.47 Å². The molecule has 0 unspecified atom stereocenters. The molecule has 0 aliphatic heterocycles. The van der Waals surface area contributed by atoms with Crippen LogP contribution in [0, 0.1) is 27.7 Å². The van der Waals surface area contributed by atoms with Crippen molar-refractivity contribution in [3.8, 4) is 22.5 Å². The molecule has 270 valence electrons. The lowest BCUT2D eigenvalue weighted by atomic mass is 10.0. The summed E-state index contributed by atoms with van der Waals surface area (Å²) in [6.07, 6.45) is 7.37. The number of halogens is 1. The molecule has 0 saturated carbocycles. The van der Waals surface area contributed by atoms with Gasteiger partial charge in [-0.25, -0.2) is 19.9 Å². The zero-order chi connectivity index (χ0) is 36.9. The number of benzene rings is 2. The highest BCUT2D eigenvalue weighted by molar-refractivity contribution is 9.10. The number of rotatable bonds is 12. The van der Waals surface area contributed by atoms with Crippen molar-refractivity contribution in [1.29, 1.82) is 0 Å². The summed E-state index contributed by atoms with van der Waals surface area (Å²) in [4.78, 5) is 18.1. The van der Waals surface area contributed by atoms with Crippen molar-refractivity contribution in [3.05, 3.63) is 94.2 Å². The quantitative estimate of drug-likeness (QED) is 0.0908. The van der Waals surface area contributed by atoms with Crippen molar-refractivity contribution in [2.45, 2.75) is 92.5 Å². The minimum atomic E-state index is -1.08. The number of ether oxygens (including phenoxy) is 2. The van der Waals surface area contributed by atoms with Crippen LogP contribution in [-0.4, -0.2) is 58.4 Å². The molecule has 0 bridgehead atoms. The summed E-state index contributed by atoms with van der Waals surface area (Å²) in [5, 5.41) is 2.11. The van der Waals surface area contributed by atoms with Crippen LogP contribution >= 0.6 is 15.9 Å². The standard InChI is InChI=1S/C20H26BrN3OSi.C20H27N3OSi/c1-14-6-7-16(15(2)10-14)19-18-17(21)11-24(20(18)23-12-22-19)13-25-8-9-26(3,4)5;1-15-6-7-17(16(2)12-15)19-18-8-9-23(20(18)22-13-21-19)14-24-10-11-25(3,4)5/h6-7,10-12H,8-9,13H2,1-5H3;6-9,12-13H,10-11,14H2,1-5H3. The lowest BCUT2D eigenvalue weighted by molar-refractivity contribution is 0.0897. The topological polar surface area (TPSA) is 79.9 Å². The van der Waals surface area contributed by atoms with Gasteiger partial charge in [-0.1, -0.05) is 86.8 Å². The van der Waals surface area contributed by atoms with Crippen LogP contribution in [0.25, 0.3) is 44.6 Å². The van der Waals surface area contributed by atoms with E-state index >= 15 is 0 Å². The summed E-state index contributed by atoms with van der Waals surface area (Å²) in [6, 6.07) is 17.4. The first kappa shape index (κ1) is 38.7. The smallest absolute Gasteiger partial charge is 0.147 e. The van der Waals surface area contributed by atoms with E-state index in [9.17, 15) is 0 Å². The molecular weight excluding hydrogens is 733 g/mol. The van der Waals surface area contributed by atoms with E-state index in [0.717, 1.165) is 68.3 Å². The molecule has 6 aromatic rings. The predicted molar refractivity (Wildman–Crippen MR) is 221 cm³/mol. The highest BCUT2D eigenvalue weighted by Crippen LogP contribution is 2.35. The highest BCUT2D eigenvalue weighted by Gasteiger charge is 2.18. The Morgan fingerprint density at radius 1 is 0.627 bits per heavy atom. The molecule has 0 N–H and O–H groups in total. The fraction of sp³-hybridized carbons (Fsp3) is 0.400. The molecule has 2 aromatic carbocycles. The van der Waals surface area contributed by atoms with Crippen LogP contribution in [0.2, 0.25) is 51.4 Å². The van der Waals surface area contributed by atoms with Gasteiger partial charge in [-0.3, -0.25) is 0 Å². The van der Waals surface area contributed by atoms with Gasteiger partial charge in [0.05, 0.1) is 16.8 Å². The Morgan fingerprint density at radius 2 is 1.14 bits per heavy atom. The van der Waals surface area contributed by atoms with E-state index in [0.29, 0.717) is 13.5 Å². The van der Waals surface area contributed by atoms with E-state index < -0.39 is 16.1 Å². The molecule has 0 radical (unpaired) electrons. The van der Waals surface area contributed by atoms with Gasteiger partial charge < -0.3 is 18.6 Å². The zero-order valence-electron chi connectivity index (χ0n) is 32.0. The molecule has 0 fully saturated rings. The monoisotopic (exact) mass is 784 g/mol. The second-order valence-electron chi connectivity index (χ2n) is 15.9. The third-order valence-corrected chi connectivity index (χ3v) is 12.9. The molecular formula is C40H53BrN6O2Si2. The average molecular weight is 786 g/mol. The molecule has 0 atom stereocenters. The van der Waals surface area contributed by atoms with Crippen molar-refractivity contribution in [2.24, 2.45) is 0 Å². The molecule has 0 aliphatic rings. The van der Waals surface area contributed by atoms with Gasteiger partial charge in [0.25, 0.3) is 0 Å². The van der Waals surface area contributed by atoms with Crippen molar-refractivity contribution in [2.75, 3.05) is 13.2 Å². The van der Waals surface area contributed by atoms with Crippen molar-refractivity contribution in [3.63, 3.8) is 0 Å². The van der Waals surface area contributed by atoms with Crippen molar-refractivity contribution >= 4 is 54.1 Å². The summed E-state index contributed by atoms with van der Waals surface area (Å²) in [7, 11) is -2.13. The van der Waals surface area contributed by atoms with Crippen LogP contribution < -0.4 is 0 Å². The van der Waals surface area contributed by atoms with Crippen LogP contribution in [-0.2, 0) is 22.9 Å². The SMILES string of the molecule is Cc1ccc(-c2ncnc3c2c(Br)cn3COCC[Si](C)(C)C)c(C)c1.Cc1ccc(-c2ncnc3c2ccn3COCC[Si](C)(C)C)c(C)c1. The normalized spacial score (nSPS) is 12.1. The number of hydrogen-bond donors (Lipinski definition) is 0. The van der Waals surface area contributed by atoms with Gasteiger partial charge in [-0.2, -0.15) is 0 Å². The highest BCUT2D eigenvalue weighted by atomic mass is 79.9. The van der Waals surface area contributed by atoms with Gasteiger partial charge in [-0.15, -0.1) is 0 Å². The van der Waals surface area contributed by atoms with Crippen molar-refractivity contribution in [1.82, 2.24) is 29.1 Å². The van der Waals surface area contributed by atoms with E-state index in [1.54, 1.807) is 12.7 Å². The van der Waals surface area contributed by atoms with Crippen LogP contribution in [0.15, 0.2) is 72.0 Å². The fourth-order valence-electron chi connectivity index (χ4n) is 5.94. The maximum Gasteiger partial charge on any atom is 0.147 e. The largest absolute Gasteiger partial charge is 0.361 e. The van der Waals surface area contributed by atoms with Crippen LogP contribution in [0.5, 0.6) is 0 Å². The molecule has 4 aromatic heterocycles. The maximum absolute atomic E-state index is 5.92. The first-order valence-electron chi connectivity index (χ1n) is 17.7. The second-order valence-corrected chi connectivity index (χ2v) is 28.0. The third-order valence-electron chi connectivity index (χ3n) is 8.89. The van der Waals surface area contributed by atoms with Crippen LogP contribution in [0.1, 0.15) is 22.3 Å². The van der Waals surface area contributed by atoms with Gasteiger partial charge in [0.1, 0.15) is 37.4 Å². The van der Waals surface area contributed by atoms with E-state index in [4.69, 9.17) is 9.47 Å². The summed E-state index contributed by atoms with van der Waals surface area (Å²) in [5.74, 6) is 0. The van der Waals surface area contributed by atoms with Gasteiger partial charge >= 0.3 is 0 Å². The minimum absolute atomic E-state index is 0.510. The maximum atomic E-state index is 5.92. The summed E-state index contributed by atoms with van der Waals surface area (Å²) < 4.78 is 16.9. The molecule has 0 amide bonds. The van der Waals surface area contributed by atoms with Gasteiger partial charge in [0.2, 0.25) is 0 Å². The third kappa shape index (κ3) is 10.1. The fourth-order valence-corrected chi connectivity index (χ4v) is 8.07. The average Bonchev–Trinajstić information content (AvgIpc) is 3.61. The van der Waals surface area contributed by atoms with E-state index in [1.165, 1.54) is 28.3 Å². The Hall–Kier alpha value is -3.49. The van der Waals surface area contributed by atoms with Gasteiger partial charge in [-0.05, 0) is 72.9 Å². The van der Waals surface area contributed by atoms with Gasteiger partial charge in [0, 0.05) is 62.7 Å². The second kappa shape index (κ2) is 16.5. The van der Waals surface area contributed by atoms with E-state index in [1.807, 2.05) is 12.4 Å². The zero-order valence-corrected chi connectivity index (χ0v) is 35.6. The van der Waals surface area contributed by atoms with Crippen LogP contribution in [0.3, 0.4) is 0 Å². The number of aryl methyl sites for hydroxylation is 4. The summed E-state index contributed by atoms with van der Waals surface area (Å²) >= 11 is 3.70. The Morgan fingerprint density at radius 3 is 1.69 bits per heavy atom. The number of nitrogens with zero attached hydrogens (tertiary/aromatic N) is 6. The Kier molecular flexibility index (Phi) is 12.5. The molecule has 0 saturated heterocycles. The number of fused-ring (bicyclic) bond motifs is 2. The lowest BCUT2D eigenvalue weighted by Crippen LogP contribution is -2.22. The predicted octanol–water partition coefficient (Wildman–Crippen LogP) is 10.8. The molecule has 4 heterocycles. The Labute approximate surface area is 313 Å². The Balaban J connectivity index is 0.000000198. The Bertz CT molecular complexity index is 2110. The molecule has 51 heavy (non-hydrogen) atoms. The summed E-state index contributed by atoms with van der Waals surface area (Å²) in [5.41, 5.74) is 11.0. The molecule has 6 rings (SSSR count). The summed E-state index contributed by atoms with van der Waals surface area (Å²) in [6.45, 7) is 25.3. The van der Waals surface area contributed by atoms with Crippen LogP contribution in [0.4, 0.5) is 0 Å². The first-order valence-corrected chi connectivity index (χ1v) is 25.9. The van der Waals surface area contributed by atoms with E-state index in [2.05, 4.69) is 154 Å². The molecule has 11 heteroatoms. The molecule has 8 nitrogen and oxygen atoms in total. The number of aromatic nitrogens is 6. The van der Waals surface area contributed by atoms with E-state index in [-0.39, 0.29) is 0 Å². The molecule has 0 aliphatic carbocycles.